The molecule has 16 heavy (non-hydrogen) atoms. The first-order chi connectivity index (χ1) is 7.39. The van der Waals surface area contributed by atoms with Gasteiger partial charge in [-0.25, -0.2) is 0 Å². The van der Waals surface area contributed by atoms with Crippen LogP contribution in [-0.4, -0.2) is 0 Å². The van der Waals surface area contributed by atoms with Gasteiger partial charge in [-0.1, -0.05) is 39.0 Å². The van der Waals surface area contributed by atoms with Gasteiger partial charge < -0.3 is 10.2 Å². The summed E-state index contributed by atoms with van der Waals surface area (Å²) in [5.41, 5.74) is 8.32. The molecule has 0 bridgehead atoms. The molecule has 2 rings (SSSR count). The van der Waals surface area contributed by atoms with E-state index in [-0.39, 0.29) is 11.5 Å². The Morgan fingerprint density at radius 1 is 1.25 bits per heavy atom. The zero-order chi connectivity index (χ0) is 11.9. The van der Waals surface area contributed by atoms with Gasteiger partial charge in [-0.2, -0.15) is 0 Å². The number of hydrogen-bond donors (Lipinski definition) is 1. The molecule has 0 unspecified atom stereocenters. The number of hydrogen-bond acceptors (Lipinski definition) is 2. The van der Waals surface area contributed by atoms with E-state index in [1.165, 1.54) is 0 Å². The van der Waals surface area contributed by atoms with Crippen LogP contribution in [0.15, 0.2) is 28.7 Å². The fourth-order valence-electron chi connectivity index (χ4n) is 1.81. The molecule has 2 N–H and O–H groups in total. The van der Waals surface area contributed by atoms with Crippen LogP contribution >= 0.6 is 0 Å². The Hall–Kier alpha value is -1.28. The maximum Gasteiger partial charge on any atom is 0.137 e. The van der Waals surface area contributed by atoms with E-state index < -0.39 is 0 Å². The van der Waals surface area contributed by atoms with Gasteiger partial charge >= 0.3 is 0 Å². The summed E-state index contributed by atoms with van der Waals surface area (Å²) in [6, 6.07) is 8.14. The fraction of sp³-hybridized carbons (Fsp3) is 0.429. The highest BCUT2D eigenvalue weighted by molar-refractivity contribution is 5.81. The Balaban J connectivity index is 2.52. The number of aryl methyl sites for hydroxylation is 1. The lowest BCUT2D eigenvalue weighted by atomic mass is 9.86. The molecule has 1 aromatic heterocycles. The van der Waals surface area contributed by atoms with Crippen LogP contribution in [0.1, 0.15) is 38.1 Å². The molecule has 86 valence electrons. The zero-order valence-electron chi connectivity index (χ0n) is 10.4. The molecule has 2 aromatic rings. The van der Waals surface area contributed by atoms with Crippen molar-refractivity contribution in [1.29, 1.82) is 0 Å². The molecule has 0 aliphatic heterocycles. The number of fused-ring (bicyclic) bond motifs is 1. The first-order valence-electron chi connectivity index (χ1n) is 5.64. The van der Waals surface area contributed by atoms with Crippen molar-refractivity contribution < 1.29 is 4.42 Å². The average Bonchev–Trinajstić information content (AvgIpc) is 2.60. The Kier molecular flexibility index (Phi) is 2.55. The van der Waals surface area contributed by atoms with E-state index in [9.17, 15) is 0 Å². The number of benzene rings is 1. The van der Waals surface area contributed by atoms with Crippen molar-refractivity contribution in [3.8, 4) is 0 Å². The number of furan rings is 1. The quantitative estimate of drug-likeness (QED) is 0.789. The summed E-state index contributed by atoms with van der Waals surface area (Å²) in [6.07, 6.45) is 0. The predicted molar refractivity (Wildman–Crippen MR) is 67.3 cm³/mol. The van der Waals surface area contributed by atoms with Gasteiger partial charge in [0.15, 0.2) is 0 Å². The molecular weight excluding hydrogens is 198 g/mol. The van der Waals surface area contributed by atoms with Gasteiger partial charge in [-0.3, -0.25) is 0 Å². The normalized spacial score (nSPS) is 14.3. The second kappa shape index (κ2) is 3.63. The van der Waals surface area contributed by atoms with Gasteiger partial charge in [0, 0.05) is 5.39 Å². The van der Waals surface area contributed by atoms with Crippen LogP contribution < -0.4 is 5.73 Å². The molecule has 0 aliphatic carbocycles. The highest BCUT2D eigenvalue weighted by Crippen LogP contribution is 2.34. The maximum absolute atomic E-state index is 6.19. The summed E-state index contributed by atoms with van der Waals surface area (Å²) in [7, 11) is 0. The molecule has 1 atom stereocenters. The molecule has 0 fully saturated rings. The van der Waals surface area contributed by atoms with E-state index in [0.29, 0.717) is 0 Å². The van der Waals surface area contributed by atoms with Crippen LogP contribution in [0.4, 0.5) is 0 Å². The van der Waals surface area contributed by atoms with Crippen molar-refractivity contribution in [2.24, 2.45) is 11.1 Å². The summed E-state index contributed by atoms with van der Waals surface area (Å²) in [6.45, 7) is 8.42. The van der Waals surface area contributed by atoms with Crippen LogP contribution in [0.2, 0.25) is 0 Å². The molecule has 0 saturated heterocycles. The van der Waals surface area contributed by atoms with Crippen molar-refractivity contribution >= 4 is 11.0 Å². The summed E-state index contributed by atoms with van der Waals surface area (Å²) < 4.78 is 5.86. The molecular formula is C14H19NO. The Bertz CT molecular complexity index is 505. The number of para-hydroxylation sites is 1. The highest BCUT2D eigenvalue weighted by Gasteiger charge is 2.25. The van der Waals surface area contributed by atoms with Crippen LogP contribution in [0.25, 0.3) is 11.0 Å². The highest BCUT2D eigenvalue weighted by atomic mass is 16.3. The average molecular weight is 217 g/mol. The minimum absolute atomic E-state index is 0.0157. The van der Waals surface area contributed by atoms with Crippen LogP contribution in [0.5, 0.6) is 0 Å². The minimum atomic E-state index is -0.0701. The zero-order valence-corrected chi connectivity index (χ0v) is 10.4. The van der Waals surface area contributed by atoms with E-state index in [4.69, 9.17) is 10.2 Å². The van der Waals surface area contributed by atoms with Gasteiger partial charge in [-0.15, -0.1) is 0 Å². The van der Waals surface area contributed by atoms with Gasteiger partial charge in [0.1, 0.15) is 11.3 Å². The molecule has 0 aliphatic rings. The first-order valence-corrected chi connectivity index (χ1v) is 5.64. The van der Waals surface area contributed by atoms with Gasteiger partial charge in [0.2, 0.25) is 0 Å². The molecule has 1 heterocycles. The topological polar surface area (TPSA) is 39.2 Å². The molecule has 0 radical (unpaired) electrons. The monoisotopic (exact) mass is 217 g/mol. The Morgan fingerprint density at radius 2 is 1.94 bits per heavy atom. The van der Waals surface area contributed by atoms with Crippen molar-refractivity contribution in [3.05, 3.63) is 35.6 Å². The molecule has 1 aromatic carbocycles. The lowest BCUT2D eigenvalue weighted by Crippen LogP contribution is -2.25. The Morgan fingerprint density at radius 3 is 2.50 bits per heavy atom. The van der Waals surface area contributed by atoms with E-state index >= 15 is 0 Å². The molecule has 0 amide bonds. The lowest BCUT2D eigenvalue weighted by molar-refractivity contribution is 0.290. The SMILES string of the molecule is Cc1cccc2cc([C@H](N)C(C)(C)C)oc12. The fourth-order valence-corrected chi connectivity index (χ4v) is 1.81. The second-order valence-electron chi connectivity index (χ2n) is 5.49. The largest absolute Gasteiger partial charge is 0.459 e. The predicted octanol–water partition coefficient (Wildman–Crippen LogP) is 3.79. The van der Waals surface area contributed by atoms with E-state index in [0.717, 1.165) is 22.3 Å². The van der Waals surface area contributed by atoms with Crippen molar-refractivity contribution in [3.63, 3.8) is 0 Å². The summed E-state index contributed by atoms with van der Waals surface area (Å²) in [4.78, 5) is 0. The van der Waals surface area contributed by atoms with E-state index in [1.807, 2.05) is 6.07 Å². The molecule has 2 nitrogen and oxygen atoms in total. The maximum atomic E-state index is 6.19. The third kappa shape index (κ3) is 1.85. The number of rotatable bonds is 1. The van der Waals surface area contributed by atoms with Crippen molar-refractivity contribution in [2.75, 3.05) is 0 Å². The van der Waals surface area contributed by atoms with Gasteiger partial charge in [0.25, 0.3) is 0 Å². The summed E-state index contributed by atoms with van der Waals surface area (Å²) in [5.74, 6) is 0.872. The molecule has 2 heteroatoms. The van der Waals surface area contributed by atoms with Crippen LogP contribution in [0, 0.1) is 12.3 Å². The summed E-state index contributed by atoms with van der Waals surface area (Å²) in [5, 5.41) is 1.13. The second-order valence-corrected chi connectivity index (χ2v) is 5.49. The lowest BCUT2D eigenvalue weighted by Gasteiger charge is -2.24. The molecule has 0 spiro atoms. The van der Waals surface area contributed by atoms with E-state index in [1.54, 1.807) is 0 Å². The van der Waals surface area contributed by atoms with Crippen LogP contribution in [0.3, 0.4) is 0 Å². The standard InChI is InChI=1S/C14H19NO/c1-9-6-5-7-10-8-11(16-12(9)10)13(15)14(2,3)4/h5-8,13H,15H2,1-4H3/t13-/m0/s1. The third-order valence-electron chi connectivity index (χ3n) is 3.00. The first kappa shape index (κ1) is 11.2. The Labute approximate surface area is 96.4 Å². The van der Waals surface area contributed by atoms with Gasteiger partial charge in [0.05, 0.1) is 6.04 Å². The van der Waals surface area contributed by atoms with Crippen molar-refractivity contribution in [1.82, 2.24) is 0 Å². The smallest absolute Gasteiger partial charge is 0.137 e. The van der Waals surface area contributed by atoms with E-state index in [2.05, 4.69) is 45.9 Å². The summed E-state index contributed by atoms with van der Waals surface area (Å²) >= 11 is 0. The van der Waals surface area contributed by atoms with Gasteiger partial charge in [-0.05, 0) is 24.0 Å². The number of nitrogens with two attached hydrogens (primary N) is 1. The molecule has 0 saturated carbocycles. The van der Waals surface area contributed by atoms with Crippen molar-refractivity contribution in [2.45, 2.75) is 33.7 Å². The third-order valence-corrected chi connectivity index (χ3v) is 3.00. The van der Waals surface area contributed by atoms with Crippen LogP contribution in [-0.2, 0) is 0 Å². The minimum Gasteiger partial charge on any atom is -0.459 e.